The lowest BCUT2D eigenvalue weighted by Crippen LogP contribution is -1.95. The molecule has 0 aliphatic rings. The van der Waals surface area contributed by atoms with Crippen LogP contribution in [-0.4, -0.2) is 11.1 Å². The number of carbonyl (C=O) groups is 1. The number of hydrogen-bond acceptors (Lipinski definition) is 1. The van der Waals surface area contributed by atoms with Crippen LogP contribution < -0.4 is 0 Å². The van der Waals surface area contributed by atoms with Crippen LogP contribution in [0.25, 0.3) is 0 Å². The molecule has 0 saturated heterocycles. The number of rotatable bonds is 60. The second-order valence-corrected chi connectivity index (χ2v) is 22.1. The van der Waals surface area contributed by atoms with Gasteiger partial charge in [0.15, 0.2) is 0 Å². The fourth-order valence-corrected chi connectivity index (χ4v) is 10.5. The van der Waals surface area contributed by atoms with E-state index in [9.17, 15) is 4.79 Å². The zero-order valence-electron chi connectivity index (χ0n) is 46.2. The second kappa shape index (κ2) is 60.3. The molecular weight excluding hydrogens is 801 g/mol. The number of hydrogen-bond donors (Lipinski definition) is 1. The number of carboxylic acids is 1. The molecule has 0 spiro atoms. The van der Waals surface area contributed by atoms with E-state index in [0.29, 0.717) is 5.57 Å². The Labute approximate surface area is 418 Å². The molecule has 0 atom stereocenters. The molecule has 0 aromatic heterocycles. The third-order valence-electron chi connectivity index (χ3n) is 15.3. The summed E-state index contributed by atoms with van der Waals surface area (Å²) in [5, 5.41) is 8.88. The van der Waals surface area contributed by atoms with Gasteiger partial charge in [-0.2, -0.15) is 0 Å². The van der Waals surface area contributed by atoms with E-state index in [0.717, 1.165) is 12.8 Å². The van der Waals surface area contributed by atoms with Gasteiger partial charge in [-0.15, -0.1) is 0 Å². The van der Waals surface area contributed by atoms with Crippen molar-refractivity contribution in [1.29, 1.82) is 0 Å². The van der Waals surface area contributed by atoms with Crippen LogP contribution in [-0.2, 0) is 4.79 Å². The molecule has 1 N–H and O–H groups in total. The van der Waals surface area contributed by atoms with Crippen molar-refractivity contribution in [3.8, 4) is 0 Å². The van der Waals surface area contributed by atoms with Gasteiger partial charge in [0.1, 0.15) is 0 Å². The van der Waals surface area contributed by atoms with Crippen LogP contribution in [0.2, 0.25) is 0 Å². The molecule has 0 radical (unpaired) electrons. The van der Waals surface area contributed by atoms with E-state index in [4.69, 9.17) is 5.11 Å². The summed E-state index contributed by atoms with van der Waals surface area (Å²) >= 11 is 0. The number of allylic oxidation sites excluding steroid dienone is 1. The van der Waals surface area contributed by atoms with Gasteiger partial charge in [-0.1, -0.05) is 379 Å². The van der Waals surface area contributed by atoms with E-state index in [2.05, 4.69) is 6.92 Å². The van der Waals surface area contributed by atoms with E-state index in [1.165, 1.54) is 366 Å². The molecule has 2 heteroatoms. The van der Waals surface area contributed by atoms with Gasteiger partial charge >= 0.3 is 5.97 Å². The van der Waals surface area contributed by atoms with Crippen LogP contribution in [0.5, 0.6) is 0 Å². The van der Waals surface area contributed by atoms with Crippen molar-refractivity contribution in [2.45, 2.75) is 393 Å². The van der Waals surface area contributed by atoms with Crippen LogP contribution in [0.15, 0.2) is 11.6 Å². The van der Waals surface area contributed by atoms with Gasteiger partial charge in [0.25, 0.3) is 0 Å². The molecule has 0 fully saturated rings. The van der Waals surface area contributed by atoms with Crippen molar-refractivity contribution in [3.05, 3.63) is 11.6 Å². The number of aliphatic carboxylic acids is 1. The minimum Gasteiger partial charge on any atom is -0.478 e. The predicted octanol–water partition coefficient (Wildman–Crippen LogP) is 24.1. The van der Waals surface area contributed by atoms with Gasteiger partial charge in [-0.25, -0.2) is 4.79 Å². The summed E-state index contributed by atoms with van der Waals surface area (Å²) in [6.45, 7) is 4.00. The quantitative estimate of drug-likeness (QED) is 0.0487. The zero-order valence-corrected chi connectivity index (χ0v) is 46.2. The first kappa shape index (κ1) is 65.2. The van der Waals surface area contributed by atoms with Gasteiger partial charge in [-0.3, -0.25) is 0 Å². The Hall–Kier alpha value is -0.790. The molecule has 0 aliphatic carbocycles. The fraction of sp³-hybridized carbons (Fsp3) is 0.953. The normalized spacial score (nSPS) is 11.9. The average Bonchev–Trinajstić information content (AvgIpc) is 3.32. The van der Waals surface area contributed by atoms with Crippen LogP contribution in [0, 0.1) is 0 Å². The largest absolute Gasteiger partial charge is 0.478 e. The van der Waals surface area contributed by atoms with E-state index >= 15 is 0 Å². The van der Waals surface area contributed by atoms with Crippen LogP contribution in [0.4, 0.5) is 0 Å². The molecule has 0 saturated carbocycles. The summed E-state index contributed by atoms with van der Waals surface area (Å²) in [5.74, 6) is -0.780. The first-order valence-electron chi connectivity index (χ1n) is 31.6. The van der Waals surface area contributed by atoms with E-state index in [1.54, 1.807) is 6.92 Å². The Morgan fingerprint density at radius 1 is 0.242 bits per heavy atom. The molecule has 0 unspecified atom stereocenters. The maximum atomic E-state index is 10.8. The predicted molar refractivity (Wildman–Crippen MR) is 299 cm³/mol. The molecule has 0 amide bonds. The summed E-state index contributed by atoms with van der Waals surface area (Å²) in [6.07, 6.45) is 87.4. The van der Waals surface area contributed by atoms with Gasteiger partial charge in [0, 0.05) is 5.57 Å². The zero-order chi connectivity index (χ0) is 47.6. The van der Waals surface area contributed by atoms with Gasteiger partial charge in [0.2, 0.25) is 0 Å². The lowest BCUT2D eigenvalue weighted by atomic mass is 10.0. The summed E-state index contributed by atoms with van der Waals surface area (Å²) < 4.78 is 0. The van der Waals surface area contributed by atoms with Crippen molar-refractivity contribution in [3.63, 3.8) is 0 Å². The maximum absolute atomic E-state index is 10.8. The Bertz CT molecular complexity index is 907. The number of unbranched alkanes of at least 4 members (excludes halogenated alkanes) is 58. The highest BCUT2D eigenvalue weighted by molar-refractivity contribution is 5.85. The fourth-order valence-electron chi connectivity index (χ4n) is 10.5. The van der Waals surface area contributed by atoms with Crippen molar-refractivity contribution in [1.82, 2.24) is 0 Å². The molecule has 2 nitrogen and oxygen atoms in total. The maximum Gasteiger partial charge on any atom is 0.330 e. The summed E-state index contributed by atoms with van der Waals surface area (Å²) in [4.78, 5) is 10.8. The molecule has 0 aromatic rings. The van der Waals surface area contributed by atoms with Crippen molar-refractivity contribution >= 4 is 5.97 Å². The van der Waals surface area contributed by atoms with E-state index < -0.39 is 5.97 Å². The van der Waals surface area contributed by atoms with Crippen molar-refractivity contribution in [2.24, 2.45) is 0 Å². The van der Waals surface area contributed by atoms with Crippen LogP contribution in [0.3, 0.4) is 0 Å². The second-order valence-electron chi connectivity index (χ2n) is 22.1. The molecular formula is C64H126O2. The first-order valence-corrected chi connectivity index (χ1v) is 31.6. The molecule has 0 rings (SSSR count). The molecule has 0 bridgehead atoms. The average molecular weight is 928 g/mol. The van der Waals surface area contributed by atoms with Crippen LogP contribution in [0.1, 0.15) is 393 Å². The van der Waals surface area contributed by atoms with Gasteiger partial charge in [0.05, 0.1) is 0 Å². The molecule has 66 heavy (non-hydrogen) atoms. The third-order valence-corrected chi connectivity index (χ3v) is 15.3. The van der Waals surface area contributed by atoms with Crippen molar-refractivity contribution in [2.75, 3.05) is 0 Å². The Morgan fingerprint density at radius 3 is 0.485 bits per heavy atom. The Kier molecular flexibility index (Phi) is 59.6. The first-order chi connectivity index (χ1) is 32.7. The highest BCUT2D eigenvalue weighted by Crippen LogP contribution is 2.20. The Morgan fingerprint density at radius 2 is 0.364 bits per heavy atom. The van der Waals surface area contributed by atoms with Crippen molar-refractivity contribution < 1.29 is 9.90 Å². The van der Waals surface area contributed by atoms with E-state index in [-0.39, 0.29) is 0 Å². The standard InChI is InChI=1S/C64H126O2/c1-3-4-5-6-7-8-9-10-11-12-13-14-15-16-17-18-19-20-21-22-23-24-25-26-27-28-29-30-31-32-33-34-35-36-37-38-39-40-41-42-43-44-45-46-47-48-49-50-51-52-53-54-55-56-57-58-59-60-61-62-63(2)64(65)66/h62H,3-61H2,1-2H3,(H,65,66). The Balaban J connectivity index is 3.09. The lowest BCUT2D eigenvalue weighted by molar-refractivity contribution is -0.132. The minimum absolute atomic E-state index is 0.489. The van der Waals surface area contributed by atoms with Gasteiger partial charge < -0.3 is 5.11 Å². The highest BCUT2D eigenvalue weighted by Gasteiger charge is 2.01. The number of carboxylic acid groups (broad SMARTS) is 1. The SMILES string of the molecule is CCCCCCCCCCCCCCCCCCCCCCCCCCCCCCCCCCCCCCCCCCCCCCCCCCCCCCCCCCCCC=C(C)C(=O)O. The van der Waals surface area contributed by atoms with E-state index in [1.807, 2.05) is 6.08 Å². The molecule has 0 aliphatic heterocycles. The monoisotopic (exact) mass is 927 g/mol. The lowest BCUT2D eigenvalue weighted by Gasteiger charge is -2.05. The summed E-state index contributed by atoms with van der Waals surface area (Å²) in [6, 6.07) is 0. The molecule has 0 aromatic carbocycles. The highest BCUT2D eigenvalue weighted by atomic mass is 16.4. The summed E-state index contributed by atoms with van der Waals surface area (Å²) in [5.41, 5.74) is 0.489. The molecule has 0 heterocycles. The van der Waals surface area contributed by atoms with Gasteiger partial charge in [-0.05, 0) is 19.8 Å². The molecule has 394 valence electrons. The topological polar surface area (TPSA) is 37.3 Å². The van der Waals surface area contributed by atoms with Crippen LogP contribution >= 0.6 is 0 Å². The minimum atomic E-state index is -0.780. The third kappa shape index (κ3) is 59.3. The smallest absolute Gasteiger partial charge is 0.330 e. The summed E-state index contributed by atoms with van der Waals surface area (Å²) in [7, 11) is 0.